The number of fused-ring (bicyclic) bond motifs is 1. The summed E-state index contributed by atoms with van der Waals surface area (Å²) in [6.07, 6.45) is 12.4. The van der Waals surface area contributed by atoms with Crippen LogP contribution in [0, 0.1) is 0 Å². The normalized spacial score (nSPS) is 12.4. The number of H-pyrrole nitrogens is 1. The molecule has 0 radical (unpaired) electrons. The van der Waals surface area contributed by atoms with Crippen molar-refractivity contribution in [3.05, 3.63) is 129 Å². The Morgan fingerprint density at radius 3 is 2.16 bits per heavy atom. The number of rotatable bonds is 40. The smallest absolute Gasteiger partial charge is 0.326 e. The van der Waals surface area contributed by atoms with Gasteiger partial charge in [0.25, 0.3) is 23.3 Å². The van der Waals surface area contributed by atoms with E-state index in [1.807, 2.05) is 50.2 Å². The fourth-order valence-corrected chi connectivity index (χ4v) is 8.26. The third-order valence-electron chi connectivity index (χ3n) is 12.9. The van der Waals surface area contributed by atoms with Crippen LogP contribution in [0.15, 0.2) is 106 Å². The number of carboxylic acids is 1. The van der Waals surface area contributed by atoms with Gasteiger partial charge in [0, 0.05) is 67.6 Å². The van der Waals surface area contributed by atoms with Gasteiger partial charge in [-0.05, 0) is 131 Å². The van der Waals surface area contributed by atoms with E-state index in [-0.39, 0.29) is 54.5 Å². The Morgan fingerprint density at radius 2 is 1.43 bits per heavy atom. The molecular weight excluding hydrogens is 1060 g/mol. The van der Waals surface area contributed by atoms with Gasteiger partial charge >= 0.3 is 5.97 Å². The summed E-state index contributed by atoms with van der Waals surface area (Å²) < 4.78 is 11.2. The van der Waals surface area contributed by atoms with Gasteiger partial charge in [-0.3, -0.25) is 29.2 Å². The van der Waals surface area contributed by atoms with Crippen LogP contribution in [0.5, 0.6) is 0 Å². The van der Waals surface area contributed by atoms with Crippen LogP contribution < -0.4 is 49.5 Å². The SMILES string of the molecule is C=C(NCCCCCCC(C=NCCCCC(NC(=O)c1ccc(NCc2cnc3nc(N)[nH]c(=O)c3n2)cc1)C(=O)O)=NN)c1ccc(C(=O)NCCCCCOCCOCCNC(=O)CO/N=C(\C)c2ccc(CC(C)N)cc2)cc1. The first-order chi connectivity index (χ1) is 40.2. The minimum absolute atomic E-state index is 0.0480. The van der Waals surface area contributed by atoms with Crippen LogP contribution in [0.1, 0.15) is 128 Å². The molecule has 5 rings (SSSR count). The van der Waals surface area contributed by atoms with E-state index in [4.69, 9.17) is 31.6 Å². The molecule has 0 spiro atoms. The number of carboxylic acid groups (broad SMARTS) is 1. The molecule has 2 heterocycles. The lowest BCUT2D eigenvalue weighted by atomic mass is 10.0. The van der Waals surface area contributed by atoms with Crippen LogP contribution in [-0.4, -0.2) is 138 Å². The van der Waals surface area contributed by atoms with Gasteiger partial charge in [-0.1, -0.05) is 61.0 Å². The van der Waals surface area contributed by atoms with Crippen molar-refractivity contribution in [2.75, 3.05) is 70.3 Å². The van der Waals surface area contributed by atoms with E-state index in [9.17, 15) is 29.1 Å². The Morgan fingerprint density at radius 1 is 0.771 bits per heavy atom. The molecule has 13 N–H and O–H groups in total. The fraction of sp³-hybridized carbons (Fsp3) is 0.441. The number of amides is 3. The molecule has 3 aromatic carbocycles. The van der Waals surface area contributed by atoms with Crippen LogP contribution in [0.4, 0.5) is 11.6 Å². The maximum atomic E-state index is 12.9. The molecule has 3 amide bonds. The lowest BCUT2D eigenvalue weighted by molar-refractivity contribution is -0.139. The first-order valence-electron chi connectivity index (χ1n) is 28.1. The average molecular weight is 1140 g/mol. The van der Waals surface area contributed by atoms with Gasteiger partial charge in [-0.25, -0.2) is 14.8 Å². The third kappa shape index (κ3) is 25.0. The van der Waals surface area contributed by atoms with Gasteiger partial charge in [0.1, 0.15) is 6.04 Å². The van der Waals surface area contributed by atoms with Crippen molar-refractivity contribution in [3.63, 3.8) is 0 Å². The van der Waals surface area contributed by atoms with Crippen LogP contribution in [0.2, 0.25) is 0 Å². The molecule has 0 aliphatic heterocycles. The van der Waals surface area contributed by atoms with Crippen molar-refractivity contribution in [3.8, 4) is 0 Å². The summed E-state index contributed by atoms with van der Waals surface area (Å²) in [5, 5.41) is 32.6. The van der Waals surface area contributed by atoms with Crippen molar-refractivity contribution >= 4 is 69.8 Å². The highest BCUT2D eigenvalue weighted by Gasteiger charge is 2.20. The molecule has 24 heteroatoms. The maximum absolute atomic E-state index is 12.9. The summed E-state index contributed by atoms with van der Waals surface area (Å²) in [6, 6.07) is 20.9. The second-order valence-electron chi connectivity index (χ2n) is 19.8. The van der Waals surface area contributed by atoms with Crippen molar-refractivity contribution in [2.24, 2.45) is 26.8 Å². The van der Waals surface area contributed by atoms with E-state index >= 15 is 0 Å². The van der Waals surface area contributed by atoms with E-state index in [0.29, 0.717) is 99.3 Å². The van der Waals surface area contributed by atoms with Gasteiger partial charge in [-0.2, -0.15) is 10.1 Å². The highest BCUT2D eigenvalue weighted by Crippen LogP contribution is 2.15. The number of carbonyl (C=O) groups is 4. The molecule has 0 fully saturated rings. The van der Waals surface area contributed by atoms with Gasteiger partial charge in [-0.15, -0.1) is 0 Å². The Hall–Kier alpha value is -8.61. The highest BCUT2D eigenvalue weighted by atomic mass is 16.6. The number of hydrazone groups is 1. The molecule has 0 saturated heterocycles. The highest BCUT2D eigenvalue weighted by molar-refractivity contribution is 6.30. The number of nitrogens with two attached hydrogens (primary N) is 3. The summed E-state index contributed by atoms with van der Waals surface area (Å²) >= 11 is 0. The number of oxime groups is 1. The predicted molar refractivity (Wildman–Crippen MR) is 323 cm³/mol. The van der Waals surface area contributed by atoms with E-state index in [1.165, 1.54) is 6.20 Å². The predicted octanol–water partition coefficient (Wildman–Crippen LogP) is 5.24. The van der Waals surface area contributed by atoms with E-state index in [1.54, 1.807) is 42.6 Å². The molecule has 5 aromatic rings. The first kappa shape index (κ1) is 65.2. The topological polar surface area (TPSA) is 363 Å². The molecule has 2 unspecified atom stereocenters. The van der Waals surface area contributed by atoms with Gasteiger partial charge in [0.2, 0.25) is 5.95 Å². The number of aliphatic carboxylic acids is 1. The molecule has 24 nitrogen and oxygen atoms in total. The molecule has 2 aromatic heterocycles. The number of aromatic nitrogens is 4. The molecular formula is C59H81N15O9. The zero-order valence-corrected chi connectivity index (χ0v) is 47.6. The molecule has 0 aliphatic carbocycles. The molecule has 0 bridgehead atoms. The number of carbonyl (C=O) groups excluding carboxylic acids is 3. The number of hydrogen-bond acceptors (Lipinski definition) is 19. The van der Waals surface area contributed by atoms with Crippen molar-refractivity contribution in [2.45, 2.75) is 110 Å². The number of benzene rings is 3. The van der Waals surface area contributed by atoms with Gasteiger partial charge in [0.15, 0.2) is 17.8 Å². The minimum atomic E-state index is -1.13. The van der Waals surface area contributed by atoms with Crippen molar-refractivity contribution in [1.82, 2.24) is 41.2 Å². The van der Waals surface area contributed by atoms with Crippen molar-refractivity contribution < 1.29 is 38.6 Å². The summed E-state index contributed by atoms with van der Waals surface area (Å²) in [4.78, 5) is 86.3. The largest absolute Gasteiger partial charge is 0.480 e. The Bertz CT molecular complexity index is 2990. The number of unbranched alkanes of at least 4 members (excludes halogenated alkanes) is 6. The summed E-state index contributed by atoms with van der Waals surface area (Å²) in [6.45, 7) is 12.0. The molecule has 83 heavy (non-hydrogen) atoms. The minimum Gasteiger partial charge on any atom is -0.480 e. The first-order valence-corrected chi connectivity index (χ1v) is 28.1. The lowest BCUT2D eigenvalue weighted by Gasteiger charge is -2.14. The summed E-state index contributed by atoms with van der Waals surface area (Å²) in [5.74, 6) is 3.54. The Kier molecular flexibility index (Phi) is 28.8. The van der Waals surface area contributed by atoms with Crippen LogP contribution in [0.25, 0.3) is 16.9 Å². The number of aliphatic imine (C=N–C) groups is 1. The van der Waals surface area contributed by atoms with Crippen molar-refractivity contribution in [1.29, 1.82) is 0 Å². The number of nitrogens with zero attached hydrogens (tertiary/aromatic N) is 6. The summed E-state index contributed by atoms with van der Waals surface area (Å²) in [7, 11) is 0. The number of ether oxygens (including phenoxy) is 2. The zero-order chi connectivity index (χ0) is 59.6. The third-order valence-corrected chi connectivity index (χ3v) is 12.9. The van der Waals surface area contributed by atoms with Gasteiger partial charge in [0.05, 0.1) is 49.7 Å². The van der Waals surface area contributed by atoms with E-state index in [0.717, 1.165) is 80.3 Å². The van der Waals surface area contributed by atoms with Crippen LogP contribution in [0.3, 0.4) is 0 Å². The second kappa shape index (κ2) is 36.7. The molecule has 2 atom stereocenters. The Balaban J connectivity index is 0.810. The van der Waals surface area contributed by atoms with Crippen LogP contribution in [-0.2, 0) is 36.9 Å². The van der Waals surface area contributed by atoms with E-state index < -0.39 is 23.5 Å². The molecule has 446 valence electrons. The molecule has 0 aliphatic rings. The van der Waals surface area contributed by atoms with Gasteiger partial charge < -0.3 is 63.3 Å². The summed E-state index contributed by atoms with van der Waals surface area (Å²) in [5.41, 5.74) is 18.3. The monoisotopic (exact) mass is 1140 g/mol. The number of aromatic amines is 1. The molecule has 0 saturated carbocycles. The number of anilines is 2. The number of nitrogens with one attached hydrogen (secondary N) is 6. The number of nitrogen functional groups attached to an aromatic ring is 1. The average Bonchev–Trinajstić information content (AvgIpc) is 3.50. The Labute approximate surface area is 484 Å². The lowest BCUT2D eigenvalue weighted by Crippen LogP contribution is -2.40. The maximum Gasteiger partial charge on any atom is 0.326 e. The fourth-order valence-electron chi connectivity index (χ4n) is 8.26. The number of hydrogen-bond donors (Lipinski definition) is 10. The zero-order valence-electron chi connectivity index (χ0n) is 47.6. The van der Waals surface area contributed by atoms with Crippen LogP contribution >= 0.6 is 0 Å². The van der Waals surface area contributed by atoms with E-state index in [2.05, 4.69) is 68.3 Å². The standard InChI is InChI=1S/C59H81N15O9/c1-40(60)35-43-15-17-45(18-16-43)42(3)74-83-39-52(75)65-30-32-82-34-33-81-31-12-6-10-29-66-55(76)46-21-19-44(20-22-46)41(2)64-28-9-5-4-7-13-49(73-62)36-63-27-11-8-14-51(58(79)80)70-56(77)47-23-25-48(26-24-47)67-37-50-38-68-54-53(69-50)57(78)72-59(61)71-54/h15-26,36,38,40,51,64,67H,2,4-14,27-35,37,39,60,62H2,1,3H3,(H,65,75)(H,66,76)(H,70,77)(H,79,80)(H3,61,68,71,72,78)/b63-36?,73-49?,74-42+. The second-order valence-corrected chi connectivity index (χ2v) is 19.8. The quantitative estimate of drug-likeness (QED) is 0.0104.